The Balaban J connectivity index is 2.01. The van der Waals surface area contributed by atoms with Gasteiger partial charge in [-0.05, 0) is 43.2 Å². The van der Waals surface area contributed by atoms with Crippen LogP contribution in [0, 0.1) is 25.5 Å². The Morgan fingerprint density at radius 2 is 1.84 bits per heavy atom. The molecule has 7 heteroatoms. The number of rotatable bonds is 4. The van der Waals surface area contributed by atoms with Gasteiger partial charge in [-0.15, -0.1) is 0 Å². The summed E-state index contributed by atoms with van der Waals surface area (Å²) in [6.45, 7) is 7.65. The van der Waals surface area contributed by atoms with Crippen molar-refractivity contribution in [2.75, 3.05) is 11.9 Å². The first-order valence-electron chi connectivity index (χ1n) is 10.1. The lowest BCUT2D eigenvalue weighted by Gasteiger charge is -2.24. The fourth-order valence-corrected chi connectivity index (χ4v) is 3.73. The molecule has 0 fully saturated rings. The Morgan fingerprint density at radius 1 is 1.12 bits per heavy atom. The molecule has 1 aliphatic heterocycles. The first-order valence-corrected chi connectivity index (χ1v) is 10.1. The topological polar surface area (TPSA) is 58.1 Å². The minimum absolute atomic E-state index is 0.0296. The van der Waals surface area contributed by atoms with E-state index in [9.17, 15) is 13.6 Å². The van der Waals surface area contributed by atoms with Crippen LogP contribution in [0.25, 0.3) is 23.0 Å². The predicted molar refractivity (Wildman–Crippen MR) is 122 cm³/mol. The van der Waals surface area contributed by atoms with Gasteiger partial charge in [0, 0.05) is 30.3 Å². The van der Waals surface area contributed by atoms with Crippen LogP contribution in [0.5, 0.6) is 0 Å². The number of nitrogens with zero attached hydrogens (tertiary/aromatic N) is 3. The van der Waals surface area contributed by atoms with E-state index < -0.39 is 23.2 Å². The molecule has 0 unspecified atom stereocenters. The molecule has 162 valence electrons. The number of carbonyl (C=O) groups excluding carboxylic acids is 1. The van der Waals surface area contributed by atoms with E-state index >= 15 is 0 Å². The molecule has 0 saturated carbocycles. The van der Waals surface area contributed by atoms with Gasteiger partial charge in [0.1, 0.15) is 23.1 Å². The third kappa shape index (κ3) is 3.66. The summed E-state index contributed by atoms with van der Waals surface area (Å²) < 4.78 is 29.4. The second kappa shape index (κ2) is 8.34. The number of halogens is 2. The normalized spacial score (nSPS) is 13.0. The lowest BCUT2D eigenvalue weighted by atomic mass is 9.97. The zero-order valence-corrected chi connectivity index (χ0v) is 18.0. The summed E-state index contributed by atoms with van der Waals surface area (Å²) in [5, 5.41) is 3.03. The Morgan fingerprint density at radius 3 is 2.53 bits per heavy atom. The van der Waals surface area contributed by atoms with E-state index in [1.54, 1.807) is 26.1 Å². The van der Waals surface area contributed by atoms with Crippen LogP contribution in [0.2, 0.25) is 0 Å². The van der Waals surface area contributed by atoms with E-state index in [2.05, 4.69) is 21.9 Å². The van der Waals surface area contributed by atoms with Crippen molar-refractivity contribution in [2.45, 2.75) is 20.3 Å². The third-order valence-corrected chi connectivity index (χ3v) is 5.38. The quantitative estimate of drug-likeness (QED) is 0.607. The number of benzene rings is 2. The zero-order chi connectivity index (χ0) is 23.0. The molecule has 1 aliphatic rings. The van der Waals surface area contributed by atoms with Gasteiger partial charge in [-0.3, -0.25) is 9.69 Å². The number of aromatic nitrogens is 2. The van der Waals surface area contributed by atoms with Crippen LogP contribution >= 0.6 is 0 Å². The summed E-state index contributed by atoms with van der Waals surface area (Å²) in [5.74, 6) is -1.64. The Hall–Kier alpha value is -3.87. The second-order valence-corrected chi connectivity index (χ2v) is 7.52. The molecule has 3 aromatic rings. The van der Waals surface area contributed by atoms with E-state index in [1.165, 1.54) is 6.07 Å². The van der Waals surface area contributed by atoms with Gasteiger partial charge in [0.05, 0.1) is 5.69 Å². The fourth-order valence-electron chi connectivity index (χ4n) is 3.73. The molecule has 0 bridgehead atoms. The third-order valence-electron chi connectivity index (χ3n) is 5.38. The molecule has 0 atom stereocenters. The van der Waals surface area contributed by atoms with Crippen molar-refractivity contribution >= 4 is 29.2 Å². The van der Waals surface area contributed by atoms with Gasteiger partial charge in [-0.25, -0.2) is 18.7 Å². The predicted octanol–water partition coefficient (Wildman–Crippen LogP) is 5.31. The highest BCUT2D eigenvalue weighted by molar-refractivity contribution is 6.05. The van der Waals surface area contributed by atoms with Crippen molar-refractivity contribution in [3.05, 3.63) is 83.2 Å². The summed E-state index contributed by atoms with van der Waals surface area (Å²) in [6, 6.07) is 9.35. The first-order chi connectivity index (χ1) is 15.3. The minimum atomic E-state index is -0.840. The highest BCUT2D eigenvalue weighted by atomic mass is 19.1. The van der Waals surface area contributed by atoms with E-state index in [0.29, 0.717) is 17.1 Å². The van der Waals surface area contributed by atoms with E-state index in [1.807, 2.05) is 25.1 Å². The van der Waals surface area contributed by atoms with Crippen LogP contribution in [0.4, 0.5) is 20.3 Å². The van der Waals surface area contributed by atoms with Gasteiger partial charge >= 0.3 is 0 Å². The number of amides is 1. The van der Waals surface area contributed by atoms with Gasteiger partial charge < -0.3 is 5.32 Å². The minimum Gasteiger partial charge on any atom is -0.388 e. The summed E-state index contributed by atoms with van der Waals surface area (Å²) in [6.07, 6.45) is 3.37. The standard InChI is InChI=1S/C25H22F2N4O/c1-14-11-12-17(15(2)28-4)13-19(14)23-18-7-5-10-22(32)31(25(18)30-16(3)29-23)24-20(26)8-6-9-21(24)27/h5-9,11-13,28H,2,10H2,1,3-4H3. The number of aryl methyl sites for hydroxylation is 2. The molecular formula is C25H22F2N4O. The molecule has 5 nitrogen and oxygen atoms in total. The SMILES string of the molecule is C=C(NC)c1ccc(C)c(-c2nc(C)nc3c2C=CCC(=O)N3c2c(F)cccc2F)c1. The van der Waals surface area contributed by atoms with Crippen LogP contribution in [0.3, 0.4) is 0 Å². The van der Waals surface area contributed by atoms with Crippen LogP contribution < -0.4 is 10.2 Å². The lowest BCUT2D eigenvalue weighted by Crippen LogP contribution is -2.28. The summed E-state index contributed by atoms with van der Waals surface area (Å²) in [7, 11) is 1.79. The van der Waals surface area contributed by atoms with Crippen LogP contribution in [0.1, 0.15) is 28.9 Å². The number of fused-ring (bicyclic) bond motifs is 1. The molecular weight excluding hydrogens is 410 g/mol. The lowest BCUT2D eigenvalue weighted by molar-refractivity contribution is -0.117. The Labute approximate surface area is 185 Å². The first kappa shape index (κ1) is 21.4. The van der Waals surface area contributed by atoms with Crippen molar-refractivity contribution < 1.29 is 13.6 Å². The van der Waals surface area contributed by atoms with Crippen LogP contribution in [-0.4, -0.2) is 22.9 Å². The monoisotopic (exact) mass is 432 g/mol. The summed E-state index contributed by atoms with van der Waals surface area (Å²) in [5.41, 5.74) is 4.02. The van der Waals surface area contributed by atoms with Crippen molar-refractivity contribution in [3.63, 3.8) is 0 Å². The zero-order valence-electron chi connectivity index (χ0n) is 18.0. The number of nitrogens with one attached hydrogen (secondary N) is 1. The van der Waals surface area contributed by atoms with Gasteiger partial charge in [0.25, 0.3) is 0 Å². The van der Waals surface area contributed by atoms with Crippen molar-refractivity contribution in [1.29, 1.82) is 0 Å². The van der Waals surface area contributed by atoms with Crippen molar-refractivity contribution in [3.8, 4) is 11.3 Å². The number of anilines is 2. The molecule has 4 rings (SSSR count). The van der Waals surface area contributed by atoms with E-state index in [4.69, 9.17) is 0 Å². The van der Waals surface area contributed by atoms with Gasteiger partial charge in [0.15, 0.2) is 5.82 Å². The fraction of sp³-hybridized carbons (Fsp3) is 0.160. The molecule has 0 aliphatic carbocycles. The van der Waals surface area contributed by atoms with Crippen LogP contribution in [-0.2, 0) is 4.79 Å². The number of hydrogen-bond acceptors (Lipinski definition) is 4. The number of hydrogen-bond donors (Lipinski definition) is 1. The summed E-state index contributed by atoms with van der Waals surface area (Å²) in [4.78, 5) is 23.0. The Kier molecular flexibility index (Phi) is 5.57. The van der Waals surface area contributed by atoms with Crippen molar-refractivity contribution in [1.82, 2.24) is 15.3 Å². The smallest absolute Gasteiger partial charge is 0.236 e. The maximum atomic E-state index is 14.7. The molecule has 32 heavy (non-hydrogen) atoms. The maximum Gasteiger partial charge on any atom is 0.236 e. The highest BCUT2D eigenvalue weighted by Gasteiger charge is 2.30. The van der Waals surface area contributed by atoms with E-state index in [-0.39, 0.29) is 12.2 Å². The van der Waals surface area contributed by atoms with Crippen LogP contribution in [0.15, 0.2) is 49.1 Å². The molecule has 0 radical (unpaired) electrons. The number of carbonyl (C=O) groups is 1. The number of para-hydroxylation sites is 1. The highest BCUT2D eigenvalue weighted by Crippen LogP contribution is 2.39. The molecule has 0 spiro atoms. The van der Waals surface area contributed by atoms with Crippen molar-refractivity contribution in [2.24, 2.45) is 0 Å². The largest absolute Gasteiger partial charge is 0.388 e. The van der Waals surface area contributed by atoms with Gasteiger partial charge in [-0.1, -0.05) is 36.9 Å². The molecule has 1 aromatic heterocycles. The van der Waals surface area contributed by atoms with Gasteiger partial charge in [-0.2, -0.15) is 0 Å². The molecule has 1 amide bonds. The van der Waals surface area contributed by atoms with E-state index in [0.717, 1.165) is 39.4 Å². The Bertz CT molecular complexity index is 1260. The molecule has 1 N–H and O–H groups in total. The molecule has 2 heterocycles. The molecule has 2 aromatic carbocycles. The second-order valence-electron chi connectivity index (χ2n) is 7.52. The molecule has 0 saturated heterocycles. The average Bonchev–Trinajstić information content (AvgIpc) is 2.92. The van der Waals surface area contributed by atoms with Gasteiger partial charge in [0.2, 0.25) is 5.91 Å². The summed E-state index contributed by atoms with van der Waals surface area (Å²) >= 11 is 0. The maximum absolute atomic E-state index is 14.7. The average molecular weight is 432 g/mol.